The van der Waals surface area contributed by atoms with Crippen LogP contribution in [0, 0.1) is 5.41 Å². The standard InChI is InChI=1S/C17H25N3O/c1-12(18-11-17(2)8-4-3-5-9-17)13-6-7-14-15(10-13)20-16(21)19-14/h6-7,10,12,18H,3-5,8-9,11H2,1-2H3,(H2,19,20,21). The maximum atomic E-state index is 11.3. The van der Waals surface area contributed by atoms with Crippen molar-refractivity contribution in [3.63, 3.8) is 0 Å². The van der Waals surface area contributed by atoms with Crippen LogP contribution in [0.1, 0.15) is 57.6 Å². The summed E-state index contributed by atoms with van der Waals surface area (Å²) in [5, 5.41) is 3.68. The Morgan fingerprint density at radius 1 is 1.19 bits per heavy atom. The second kappa shape index (κ2) is 5.68. The third-order valence-electron chi connectivity index (χ3n) is 4.94. The highest BCUT2D eigenvalue weighted by Crippen LogP contribution is 2.35. The van der Waals surface area contributed by atoms with Gasteiger partial charge in [-0.1, -0.05) is 32.3 Å². The van der Waals surface area contributed by atoms with Crippen molar-refractivity contribution in [2.75, 3.05) is 6.54 Å². The summed E-state index contributed by atoms with van der Waals surface area (Å²) in [7, 11) is 0. The quantitative estimate of drug-likeness (QED) is 0.806. The minimum atomic E-state index is -0.141. The molecule has 1 atom stereocenters. The Bertz CT molecular complexity index is 664. The molecule has 1 saturated carbocycles. The van der Waals surface area contributed by atoms with Gasteiger partial charge in [-0.15, -0.1) is 0 Å². The van der Waals surface area contributed by atoms with E-state index >= 15 is 0 Å². The zero-order valence-electron chi connectivity index (χ0n) is 13.0. The summed E-state index contributed by atoms with van der Waals surface area (Å²) in [6, 6.07) is 6.43. The fraction of sp³-hybridized carbons (Fsp3) is 0.588. The first-order valence-corrected chi connectivity index (χ1v) is 8.01. The van der Waals surface area contributed by atoms with E-state index in [1.54, 1.807) is 0 Å². The number of fused-ring (bicyclic) bond motifs is 1. The van der Waals surface area contributed by atoms with Crippen LogP contribution in [0.4, 0.5) is 0 Å². The average molecular weight is 287 g/mol. The Morgan fingerprint density at radius 3 is 2.67 bits per heavy atom. The first-order chi connectivity index (χ1) is 10.1. The van der Waals surface area contributed by atoms with Gasteiger partial charge < -0.3 is 15.3 Å². The van der Waals surface area contributed by atoms with Gasteiger partial charge in [-0.25, -0.2) is 4.79 Å². The molecule has 4 heteroatoms. The van der Waals surface area contributed by atoms with Crippen LogP contribution in [-0.2, 0) is 0 Å². The number of hydrogen-bond acceptors (Lipinski definition) is 2. The normalized spacial score (nSPS) is 19.7. The number of benzene rings is 1. The lowest BCUT2D eigenvalue weighted by Crippen LogP contribution is -2.34. The van der Waals surface area contributed by atoms with Gasteiger partial charge in [0.15, 0.2) is 0 Å². The van der Waals surface area contributed by atoms with E-state index in [0.717, 1.165) is 17.6 Å². The van der Waals surface area contributed by atoms with Crippen LogP contribution < -0.4 is 11.0 Å². The van der Waals surface area contributed by atoms with E-state index in [2.05, 4.69) is 41.3 Å². The van der Waals surface area contributed by atoms with Crippen molar-refractivity contribution in [1.82, 2.24) is 15.3 Å². The predicted octanol–water partition coefficient (Wildman–Crippen LogP) is 3.48. The molecule has 1 aromatic heterocycles. The van der Waals surface area contributed by atoms with Gasteiger partial charge in [0.1, 0.15) is 0 Å². The molecular weight excluding hydrogens is 262 g/mol. The van der Waals surface area contributed by atoms with Gasteiger partial charge in [0.2, 0.25) is 0 Å². The van der Waals surface area contributed by atoms with Crippen LogP contribution in [0.2, 0.25) is 0 Å². The van der Waals surface area contributed by atoms with Crippen molar-refractivity contribution >= 4 is 11.0 Å². The molecule has 0 radical (unpaired) electrons. The number of H-pyrrole nitrogens is 2. The SMILES string of the molecule is CC(NCC1(C)CCCCC1)c1ccc2[nH]c(=O)[nH]c2c1. The molecule has 1 aromatic carbocycles. The van der Waals surface area contributed by atoms with Gasteiger partial charge in [0.25, 0.3) is 0 Å². The highest BCUT2D eigenvalue weighted by molar-refractivity contribution is 5.75. The lowest BCUT2D eigenvalue weighted by Gasteiger charge is -2.35. The first-order valence-electron chi connectivity index (χ1n) is 8.01. The topological polar surface area (TPSA) is 60.7 Å². The summed E-state index contributed by atoms with van der Waals surface area (Å²) in [5.41, 5.74) is 3.28. The second-order valence-electron chi connectivity index (χ2n) is 6.86. The monoisotopic (exact) mass is 287 g/mol. The van der Waals surface area contributed by atoms with E-state index in [4.69, 9.17) is 0 Å². The number of nitrogens with one attached hydrogen (secondary N) is 3. The highest BCUT2D eigenvalue weighted by atomic mass is 16.1. The second-order valence-corrected chi connectivity index (χ2v) is 6.86. The van der Waals surface area contributed by atoms with Gasteiger partial charge in [-0.3, -0.25) is 0 Å². The van der Waals surface area contributed by atoms with Gasteiger partial charge in [-0.2, -0.15) is 0 Å². The molecule has 2 aromatic rings. The molecule has 0 aliphatic heterocycles. The van der Waals surface area contributed by atoms with Gasteiger partial charge >= 0.3 is 5.69 Å². The fourth-order valence-electron chi connectivity index (χ4n) is 3.42. The summed E-state index contributed by atoms with van der Waals surface area (Å²) in [4.78, 5) is 16.9. The highest BCUT2D eigenvalue weighted by Gasteiger charge is 2.26. The lowest BCUT2D eigenvalue weighted by molar-refractivity contribution is 0.202. The molecule has 3 rings (SSSR count). The molecule has 1 aliphatic carbocycles. The van der Waals surface area contributed by atoms with Gasteiger partial charge in [0.05, 0.1) is 11.0 Å². The molecule has 0 spiro atoms. The number of aromatic nitrogens is 2. The Balaban J connectivity index is 1.68. The van der Waals surface area contributed by atoms with Crippen molar-refractivity contribution in [2.24, 2.45) is 5.41 Å². The Kier molecular flexibility index (Phi) is 3.89. The number of hydrogen-bond donors (Lipinski definition) is 3. The summed E-state index contributed by atoms with van der Waals surface area (Å²) in [6.45, 7) is 5.66. The van der Waals surface area contributed by atoms with E-state index in [1.165, 1.54) is 37.7 Å². The zero-order valence-corrected chi connectivity index (χ0v) is 13.0. The smallest absolute Gasteiger partial charge is 0.310 e. The van der Waals surface area contributed by atoms with Crippen molar-refractivity contribution in [3.05, 3.63) is 34.2 Å². The molecule has 1 unspecified atom stereocenters. The Morgan fingerprint density at radius 2 is 1.90 bits per heavy atom. The van der Waals surface area contributed by atoms with Crippen LogP contribution in [0.5, 0.6) is 0 Å². The largest absolute Gasteiger partial charge is 0.323 e. The molecule has 114 valence electrons. The summed E-state index contributed by atoms with van der Waals surface area (Å²) < 4.78 is 0. The van der Waals surface area contributed by atoms with E-state index in [9.17, 15) is 4.79 Å². The van der Waals surface area contributed by atoms with Gasteiger partial charge in [-0.05, 0) is 42.9 Å². The van der Waals surface area contributed by atoms with Crippen molar-refractivity contribution in [3.8, 4) is 0 Å². The van der Waals surface area contributed by atoms with E-state index in [-0.39, 0.29) is 5.69 Å². The molecule has 0 saturated heterocycles. The maximum absolute atomic E-state index is 11.3. The van der Waals surface area contributed by atoms with E-state index in [0.29, 0.717) is 11.5 Å². The lowest BCUT2D eigenvalue weighted by atomic mass is 9.75. The number of rotatable bonds is 4. The Labute approximate surface area is 125 Å². The van der Waals surface area contributed by atoms with Gasteiger partial charge in [0, 0.05) is 12.6 Å². The zero-order chi connectivity index (χ0) is 14.9. The van der Waals surface area contributed by atoms with E-state index < -0.39 is 0 Å². The number of aromatic amines is 2. The van der Waals surface area contributed by atoms with Crippen LogP contribution >= 0.6 is 0 Å². The molecular formula is C17H25N3O. The summed E-state index contributed by atoms with van der Waals surface area (Å²) >= 11 is 0. The van der Waals surface area contributed by atoms with Crippen molar-refractivity contribution in [1.29, 1.82) is 0 Å². The molecule has 1 heterocycles. The minimum Gasteiger partial charge on any atom is -0.310 e. The molecule has 1 fully saturated rings. The average Bonchev–Trinajstić information content (AvgIpc) is 2.84. The van der Waals surface area contributed by atoms with Crippen LogP contribution in [0.3, 0.4) is 0 Å². The third-order valence-corrected chi connectivity index (χ3v) is 4.94. The Hall–Kier alpha value is -1.55. The fourth-order valence-corrected chi connectivity index (χ4v) is 3.42. The molecule has 4 nitrogen and oxygen atoms in total. The minimum absolute atomic E-state index is 0.141. The maximum Gasteiger partial charge on any atom is 0.323 e. The molecule has 0 amide bonds. The molecule has 0 bridgehead atoms. The molecule has 1 aliphatic rings. The molecule has 21 heavy (non-hydrogen) atoms. The molecule has 3 N–H and O–H groups in total. The van der Waals surface area contributed by atoms with Crippen LogP contribution in [-0.4, -0.2) is 16.5 Å². The third kappa shape index (κ3) is 3.21. The van der Waals surface area contributed by atoms with Crippen molar-refractivity contribution in [2.45, 2.75) is 52.0 Å². The first kappa shape index (κ1) is 14.4. The number of imidazole rings is 1. The predicted molar refractivity (Wildman–Crippen MR) is 86.5 cm³/mol. The summed E-state index contributed by atoms with van der Waals surface area (Å²) in [5.74, 6) is 0. The summed E-state index contributed by atoms with van der Waals surface area (Å²) in [6.07, 6.45) is 6.78. The van der Waals surface area contributed by atoms with E-state index in [1.807, 2.05) is 6.07 Å². The van der Waals surface area contributed by atoms with Crippen molar-refractivity contribution < 1.29 is 0 Å². The van der Waals surface area contributed by atoms with Crippen LogP contribution in [0.15, 0.2) is 23.0 Å². The van der Waals surface area contributed by atoms with Crippen LogP contribution in [0.25, 0.3) is 11.0 Å².